The van der Waals surface area contributed by atoms with Crippen molar-refractivity contribution in [3.8, 4) is 0 Å². The second-order valence-electron chi connectivity index (χ2n) is 2.23. The van der Waals surface area contributed by atoms with E-state index in [-0.39, 0.29) is 0 Å². The van der Waals surface area contributed by atoms with E-state index in [9.17, 15) is 0 Å². The normalized spacial score (nSPS) is 19.8. The fourth-order valence-corrected chi connectivity index (χ4v) is 0.952. The van der Waals surface area contributed by atoms with Crippen LogP contribution in [0.4, 0.5) is 0 Å². The summed E-state index contributed by atoms with van der Waals surface area (Å²) in [5, 5.41) is 3.23. The third kappa shape index (κ3) is 1.61. The highest BCUT2D eigenvalue weighted by atomic mass is 15.2. The minimum Gasteiger partial charge on any atom is -0.386 e. The van der Waals surface area contributed by atoms with E-state index >= 15 is 0 Å². The van der Waals surface area contributed by atoms with Crippen LogP contribution in [0.1, 0.15) is 0 Å². The third-order valence-electron chi connectivity index (χ3n) is 1.52. The van der Waals surface area contributed by atoms with Crippen LogP contribution in [0.25, 0.3) is 0 Å². The Hall–Kier alpha value is -0.700. The van der Waals surface area contributed by atoms with E-state index in [0.29, 0.717) is 5.82 Å². The van der Waals surface area contributed by atoms with Crippen molar-refractivity contribution in [2.75, 3.05) is 26.2 Å². The minimum atomic E-state index is 0.691. The van der Waals surface area contributed by atoms with Crippen LogP contribution in [0.3, 0.4) is 0 Å². The zero-order valence-corrected chi connectivity index (χ0v) is 5.56. The Kier molecular flexibility index (Phi) is 1.95. The molecule has 3 nitrogen and oxygen atoms in total. The van der Waals surface area contributed by atoms with Gasteiger partial charge in [-0.1, -0.05) is 6.58 Å². The Morgan fingerprint density at radius 3 is 2.33 bits per heavy atom. The quantitative estimate of drug-likeness (QED) is 0.490. The van der Waals surface area contributed by atoms with E-state index in [1.54, 1.807) is 0 Å². The second-order valence-corrected chi connectivity index (χ2v) is 2.23. The van der Waals surface area contributed by atoms with Gasteiger partial charge in [-0.3, -0.25) is 0 Å². The summed E-state index contributed by atoms with van der Waals surface area (Å²) in [5.74, 6) is 0.691. The maximum Gasteiger partial charge on any atom is 0.0913 e. The molecule has 0 radical (unpaired) electrons. The highest BCUT2D eigenvalue weighted by Gasteiger charge is 2.07. The van der Waals surface area contributed by atoms with Crippen molar-refractivity contribution >= 4 is 0 Å². The lowest BCUT2D eigenvalue weighted by Gasteiger charge is -2.28. The number of nitrogens with zero attached hydrogens (tertiary/aromatic N) is 1. The summed E-state index contributed by atoms with van der Waals surface area (Å²) in [5.41, 5.74) is 5.47. The van der Waals surface area contributed by atoms with Crippen molar-refractivity contribution in [2.24, 2.45) is 5.73 Å². The molecule has 3 heteroatoms. The third-order valence-corrected chi connectivity index (χ3v) is 1.52. The lowest BCUT2D eigenvalue weighted by Crippen LogP contribution is -2.44. The van der Waals surface area contributed by atoms with Gasteiger partial charge in [-0.05, 0) is 0 Å². The van der Waals surface area contributed by atoms with Gasteiger partial charge in [0.1, 0.15) is 0 Å². The molecule has 0 saturated carbocycles. The molecule has 0 unspecified atom stereocenters. The van der Waals surface area contributed by atoms with E-state index in [0.717, 1.165) is 26.2 Å². The number of nitrogens with two attached hydrogens (primary N) is 1. The van der Waals surface area contributed by atoms with Gasteiger partial charge in [0.05, 0.1) is 5.82 Å². The summed E-state index contributed by atoms with van der Waals surface area (Å²) in [6, 6.07) is 0. The minimum absolute atomic E-state index is 0.691. The summed E-state index contributed by atoms with van der Waals surface area (Å²) in [7, 11) is 0. The number of nitrogens with one attached hydrogen (secondary N) is 1. The predicted molar refractivity (Wildman–Crippen MR) is 37.8 cm³/mol. The maximum atomic E-state index is 5.47. The molecule has 0 amide bonds. The molecule has 9 heavy (non-hydrogen) atoms. The average Bonchev–Trinajstić information content (AvgIpc) is 1.90. The molecule has 0 bridgehead atoms. The standard InChI is InChI=1S/C6H13N3/c1-6(7)9-4-2-8-3-5-9/h8H,1-5,7H2. The molecule has 0 atom stereocenters. The molecule has 52 valence electrons. The Morgan fingerprint density at radius 2 is 2.00 bits per heavy atom. The number of piperazine rings is 1. The van der Waals surface area contributed by atoms with E-state index in [1.807, 2.05) is 0 Å². The molecule has 0 spiro atoms. The first-order valence-electron chi connectivity index (χ1n) is 3.21. The van der Waals surface area contributed by atoms with Crippen molar-refractivity contribution in [2.45, 2.75) is 0 Å². The molecular weight excluding hydrogens is 114 g/mol. The van der Waals surface area contributed by atoms with Crippen LogP contribution in [0.5, 0.6) is 0 Å². The van der Waals surface area contributed by atoms with Gasteiger partial charge >= 0.3 is 0 Å². The Labute approximate surface area is 55.5 Å². The first-order chi connectivity index (χ1) is 4.30. The molecule has 1 aliphatic heterocycles. The van der Waals surface area contributed by atoms with Crippen molar-refractivity contribution in [3.05, 3.63) is 12.4 Å². The number of hydrogen-bond acceptors (Lipinski definition) is 3. The van der Waals surface area contributed by atoms with Gasteiger partial charge < -0.3 is 16.0 Å². The molecule has 3 N–H and O–H groups in total. The topological polar surface area (TPSA) is 41.3 Å². The summed E-state index contributed by atoms with van der Waals surface area (Å²) in [4.78, 5) is 2.08. The average molecular weight is 127 g/mol. The Balaban J connectivity index is 2.31. The second kappa shape index (κ2) is 2.73. The van der Waals surface area contributed by atoms with Crippen molar-refractivity contribution in [3.63, 3.8) is 0 Å². The van der Waals surface area contributed by atoms with Crippen molar-refractivity contribution < 1.29 is 0 Å². The van der Waals surface area contributed by atoms with Crippen LogP contribution in [0, 0.1) is 0 Å². The van der Waals surface area contributed by atoms with Crippen LogP contribution >= 0.6 is 0 Å². The van der Waals surface area contributed by atoms with Crippen LogP contribution in [-0.4, -0.2) is 31.1 Å². The van der Waals surface area contributed by atoms with Gasteiger partial charge in [0.2, 0.25) is 0 Å². The molecule has 0 aliphatic carbocycles. The monoisotopic (exact) mass is 127 g/mol. The zero-order chi connectivity index (χ0) is 6.69. The van der Waals surface area contributed by atoms with Gasteiger partial charge in [-0.25, -0.2) is 0 Å². The molecule has 1 heterocycles. The van der Waals surface area contributed by atoms with Gasteiger partial charge in [-0.2, -0.15) is 0 Å². The largest absolute Gasteiger partial charge is 0.386 e. The van der Waals surface area contributed by atoms with Crippen LogP contribution in [-0.2, 0) is 0 Å². The summed E-state index contributed by atoms with van der Waals surface area (Å²) in [6.45, 7) is 7.69. The van der Waals surface area contributed by atoms with Crippen LogP contribution in [0.15, 0.2) is 12.4 Å². The Morgan fingerprint density at radius 1 is 1.44 bits per heavy atom. The summed E-state index contributed by atoms with van der Waals surface area (Å²) in [6.07, 6.45) is 0. The lowest BCUT2D eigenvalue weighted by molar-refractivity contribution is 0.297. The molecule has 1 saturated heterocycles. The predicted octanol–water partition coefficient (Wildman–Crippen LogP) is -0.678. The van der Waals surface area contributed by atoms with E-state index < -0.39 is 0 Å². The molecule has 1 rings (SSSR count). The SMILES string of the molecule is C=C(N)N1CCNCC1. The molecule has 1 aliphatic rings. The highest BCUT2D eigenvalue weighted by molar-refractivity contribution is 4.88. The zero-order valence-electron chi connectivity index (χ0n) is 5.56. The smallest absolute Gasteiger partial charge is 0.0913 e. The number of hydrogen-bond donors (Lipinski definition) is 2. The molecule has 0 aromatic rings. The maximum absolute atomic E-state index is 5.47. The highest BCUT2D eigenvalue weighted by Crippen LogP contribution is 1.95. The van der Waals surface area contributed by atoms with E-state index in [4.69, 9.17) is 5.73 Å². The molecular formula is C6H13N3. The van der Waals surface area contributed by atoms with Crippen molar-refractivity contribution in [1.29, 1.82) is 0 Å². The fourth-order valence-electron chi connectivity index (χ4n) is 0.952. The van der Waals surface area contributed by atoms with Gasteiger partial charge in [0, 0.05) is 26.2 Å². The molecule has 0 aromatic heterocycles. The molecule has 0 aromatic carbocycles. The Bertz CT molecular complexity index is 105. The first-order valence-corrected chi connectivity index (χ1v) is 3.21. The molecule has 1 fully saturated rings. The lowest BCUT2D eigenvalue weighted by atomic mass is 10.4. The van der Waals surface area contributed by atoms with Crippen LogP contribution < -0.4 is 11.1 Å². The van der Waals surface area contributed by atoms with E-state index in [2.05, 4.69) is 16.8 Å². The summed E-state index contributed by atoms with van der Waals surface area (Å²) < 4.78 is 0. The van der Waals surface area contributed by atoms with Gasteiger partial charge in [0.15, 0.2) is 0 Å². The van der Waals surface area contributed by atoms with Gasteiger partial charge in [0.25, 0.3) is 0 Å². The van der Waals surface area contributed by atoms with Crippen molar-refractivity contribution in [1.82, 2.24) is 10.2 Å². The van der Waals surface area contributed by atoms with Gasteiger partial charge in [-0.15, -0.1) is 0 Å². The number of rotatable bonds is 1. The van der Waals surface area contributed by atoms with E-state index in [1.165, 1.54) is 0 Å². The fraction of sp³-hybridized carbons (Fsp3) is 0.667. The first kappa shape index (κ1) is 6.42. The summed E-state index contributed by atoms with van der Waals surface area (Å²) >= 11 is 0. The van der Waals surface area contributed by atoms with Crippen LogP contribution in [0.2, 0.25) is 0 Å².